The van der Waals surface area contributed by atoms with Crippen molar-refractivity contribution in [1.82, 2.24) is 15.2 Å². The number of hydrazine groups is 1. The minimum atomic E-state index is -3.22. The summed E-state index contributed by atoms with van der Waals surface area (Å²) in [6.07, 6.45) is 2.01. The van der Waals surface area contributed by atoms with Crippen LogP contribution >= 0.6 is 11.6 Å². The summed E-state index contributed by atoms with van der Waals surface area (Å²) in [6.45, 7) is 0.615. The number of nitrogens with one attached hydrogen (secondary N) is 2. The summed E-state index contributed by atoms with van der Waals surface area (Å²) in [5.41, 5.74) is 5.10. The molecule has 1 saturated heterocycles. The molecule has 1 aromatic rings. The standard InChI is InChI=1S/C14H18ClN3O4S/c1-23(21,22)18-8-6-11(7-9-18)14(20)17-16-13(19)10-2-4-12(15)5-3-10/h2-5,11H,6-9H2,1H3,(H,16,19)(H,17,20). The number of sulfonamides is 1. The van der Waals surface area contributed by atoms with E-state index in [0.717, 1.165) is 6.26 Å². The molecule has 126 valence electrons. The maximum atomic E-state index is 12.0. The number of rotatable bonds is 3. The lowest BCUT2D eigenvalue weighted by Gasteiger charge is -2.29. The molecule has 0 aromatic heterocycles. The molecule has 0 atom stereocenters. The van der Waals surface area contributed by atoms with Crippen molar-refractivity contribution in [3.63, 3.8) is 0 Å². The van der Waals surface area contributed by atoms with Crippen LogP contribution in [0.5, 0.6) is 0 Å². The summed E-state index contributed by atoms with van der Waals surface area (Å²) in [5, 5.41) is 0.517. The van der Waals surface area contributed by atoms with Crippen LogP contribution in [-0.4, -0.2) is 43.9 Å². The van der Waals surface area contributed by atoms with Gasteiger partial charge >= 0.3 is 0 Å². The quantitative estimate of drug-likeness (QED) is 0.779. The summed E-state index contributed by atoms with van der Waals surface area (Å²) in [5.74, 6) is -1.08. The Kier molecular flexibility index (Phi) is 5.61. The van der Waals surface area contributed by atoms with Crippen molar-refractivity contribution in [3.8, 4) is 0 Å². The summed E-state index contributed by atoms with van der Waals surface area (Å²) < 4.78 is 24.2. The van der Waals surface area contributed by atoms with Crippen LogP contribution in [-0.2, 0) is 14.8 Å². The van der Waals surface area contributed by atoms with Crippen LogP contribution in [0.15, 0.2) is 24.3 Å². The number of carbonyl (C=O) groups excluding carboxylic acids is 2. The lowest BCUT2D eigenvalue weighted by Crippen LogP contribution is -2.48. The Labute approximate surface area is 140 Å². The number of carbonyl (C=O) groups is 2. The molecule has 0 unspecified atom stereocenters. The molecule has 0 bridgehead atoms. The van der Waals surface area contributed by atoms with Crippen LogP contribution in [0.3, 0.4) is 0 Å². The van der Waals surface area contributed by atoms with Gasteiger partial charge in [-0.15, -0.1) is 0 Å². The van der Waals surface area contributed by atoms with Crippen molar-refractivity contribution in [1.29, 1.82) is 0 Å². The van der Waals surface area contributed by atoms with Crippen molar-refractivity contribution in [2.75, 3.05) is 19.3 Å². The number of nitrogens with zero attached hydrogens (tertiary/aromatic N) is 1. The van der Waals surface area contributed by atoms with E-state index in [0.29, 0.717) is 36.5 Å². The molecule has 0 radical (unpaired) electrons. The minimum Gasteiger partial charge on any atom is -0.273 e. The van der Waals surface area contributed by atoms with Gasteiger partial charge in [0, 0.05) is 29.6 Å². The molecule has 0 saturated carbocycles. The average molecular weight is 360 g/mol. The fourth-order valence-corrected chi connectivity index (χ4v) is 3.34. The van der Waals surface area contributed by atoms with E-state index in [9.17, 15) is 18.0 Å². The Morgan fingerprint density at radius 2 is 1.70 bits per heavy atom. The Morgan fingerprint density at radius 1 is 1.13 bits per heavy atom. The van der Waals surface area contributed by atoms with Crippen LogP contribution in [0, 0.1) is 5.92 Å². The normalized spacial score (nSPS) is 16.8. The molecule has 9 heteroatoms. The minimum absolute atomic E-state index is 0.308. The van der Waals surface area contributed by atoms with Gasteiger partial charge in [-0.25, -0.2) is 12.7 Å². The summed E-state index contributed by atoms with van der Waals surface area (Å²) >= 11 is 5.74. The van der Waals surface area contributed by atoms with Gasteiger partial charge in [-0.05, 0) is 37.1 Å². The maximum Gasteiger partial charge on any atom is 0.269 e. The van der Waals surface area contributed by atoms with Crippen molar-refractivity contribution < 1.29 is 18.0 Å². The Hall–Kier alpha value is -1.64. The molecule has 7 nitrogen and oxygen atoms in total. The van der Waals surface area contributed by atoms with Gasteiger partial charge in [0.25, 0.3) is 5.91 Å². The van der Waals surface area contributed by atoms with Crippen LogP contribution in [0.2, 0.25) is 5.02 Å². The highest BCUT2D eigenvalue weighted by Gasteiger charge is 2.29. The van der Waals surface area contributed by atoms with Crippen LogP contribution in [0.25, 0.3) is 0 Å². The van der Waals surface area contributed by atoms with Crippen molar-refractivity contribution in [3.05, 3.63) is 34.9 Å². The van der Waals surface area contributed by atoms with E-state index in [2.05, 4.69) is 10.9 Å². The second kappa shape index (κ2) is 7.29. The molecule has 0 spiro atoms. The average Bonchev–Trinajstić information content (AvgIpc) is 2.52. The monoisotopic (exact) mass is 359 g/mol. The van der Waals surface area contributed by atoms with E-state index in [1.165, 1.54) is 4.31 Å². The second-order valence-electron chi connectivity index (χ2n) is 5.39. The molecule has 1 aliphatic rings. The highest BCUT2D eigenvalue weighted by atomic mass is 35.5. The molecule has 1 heterocycles. The third-order valence-electron chi connectivity index (χ3n) is 3.70. The van der Waals surface area contributed by atoms with Crippen LogP contribution < -0.4 is 10.9 Å². The summed E-state index contributed by atoms with van der Waals surface area (Å²) in [6, 6.07) is 6.27. The van der Waals surface area contributed by atoms with Gasteiger partial charge in [-0.3, -0.25) is 20.4 Å². The van der Waals surface area contributed by atoms with Crippen molar-refractivity contribution in [2.45, 2.75) is 12.8 Å². The van der Waals surface area contributed by atoms with E-state index in [1.807, 2.05) is 0 Å². The predicted molar refractivity (Wildman–Crippen MR) is 86.2 cm³/mol. The lowest BCUT2D eigenvalue weighted by atomic mass is 9.98. The molecule has 2 rings (SSSR count). The molecular weight excluding hydrogens is 342 g/mol. The molecule has 1 aliphatic heterocycles. The topological polar surface area (TPSA) is 95.6 Å². The van der Waals surface area contributed by atoms with E-state index in [1.54, 1.807) is 24.3 Å². The Bertz CT molecular complexity index is 682. The first-order valence-corrected chi connectivity index (χ1v) is 9.31. The van der Waals surface area contributed by atoms with Crippen LogP contribution in [0.1, 0.15) is 23.2 Å². The molecule has 2 amide bonds. The van der Waals surface area contributed by atoms with Gasteiger partial charge in [0.15, 0.2) is 0 Å². The molecule has 23 heavy (non-hydrogen) atoms. The zero-order chi connectivity index (χ0) is 17.0. The van der Waals surface area contributed by atoms with Gasteiger partial charge in [0.05, 0.1) is 6.26 Å². The Balaban J connectivity index is 1.82. The number of hydrogen-bond acceptors (Lipinski definition) is 4. The van der Waals surface area contributed by atoms with Crippen LogP contribution in [0.4, 0.5) is 0 Å². The first kappa shape index (κ1) is 17.7. The van der Waals surface area contributed by atoms with Crippen molar-refractivity contribution >= 4 is 33.4 Å². The second-order valence-corrected chi connectivity index (χ2v) is 7.81. The zero-order valence-corrected chi connectivity index (χ0v) is 14.2. The number of hydrogen-bond donors (Lipinski definition) is 2. The molecule has 1 aromatic carbocycles. The maximum absolute atomic E-state index is 12.0. The third-order valence-corrected chi connectivity index (χ3v) is 5.25. The third kappa shape index (κ3) is 4.92. The predicted octanol–water partition coefficient (Wildman–Crippen LogP) is 0.773. The molecule has 1 fully saturated rings. The molecular formula is C14H18ClN3O4S. The molecule has 2 N–H and O–H groups in total. The SMILES string of the molecule is CS(=O)(=O)N1CCC(C(=O)NNC(=O)c2ccc(Cl)cc2)CC1. The van der Waals surface area contributed by atoms with Crippen molar-refractivity contribution in [2.24, 2.45) is 5.92 Å². The largest absolute Gasteiger partial charge is 0.273 e. The zero-order valence-electron chi connectivity index (χ0n) is 12.6. The van der Waals surface area contributed by atoms with E-state index < -0.39 is 15.9 Å². The van der Waals surface area contributed by atoms with Gasteiger partial charge < -0.3 is 0 Å². The van der Waals surface area contributed by atoms with Gasteiger partial charge in [0.2, 0.25) is 15.9 Å². The summed E-state index contributed by atoms with van der Waals surface area (Å²) in [4.78, 5) is 23.9. The van der Waals surface area contributed by atoms with Gasteiger partial charge in [-0.2, -0.15) is 0 Å². The fraction of sp³-hybridized carbons (Fsp3) is 0.429. The van der Waals surface area contributed by atoms with Gasteiger partial charge in [-0.1, -0.05) is 11.6 Å². The highest BCUT2D eigenvalue weighted by molar-refractivity contribution is 7.88. The molecule has 0 aliphatic carbocycles. The fourth-order valence-electron chi connectivity index (χ4n) is 2.34. The number of halogens is 1. The smallest absolute Gasteiger partial charge is 0.269 e. The van der Waals surface area contributed by atoms with E-state index in [-0.39, 0.29) is 11.8 Å². The summed E-state index contributed by atoms with van der Waals surface area (Å²) in [7, 11) is -3.22. The van der Waals surface area contributed by atoms with E-state index in [4.69, 9.17) is 11.6 Å². The lowest BCUT2D eigenvalue weighted by molar-refractivity contribution is -0.126. The van der Waals surface area contributed by atoms with Gasteiger partial charge in [0.1, 0.15) is 0 Å². The number of benzene rings is 1. The Morgan fingerprint density at radius 3 is 2.22 bits per heavy atom. The first-order chi connectivity index (χ1) is 10.8. The highest BCUT2D eigenvalue weighted by Crippen LogP contribution is 2.19. The first-order valence-electron chi connectivity index (χ1n) is 7.08. The number of amides is 2. The number of piperidine rings is 1. The van der Waals surface area contributed by atoms with E-state index >= 15 is 0 Å².